The summed E-state index contributed by atoms with van der Waals surface area (Å²) in [4.78, 5) is 13.4. The van der Waals surface area contributed by atoms with Gasteiger partial charge in [0.25, 0.3) is 0 Å². The number of fused-ring (bicyclic) bond motifs is 1. The van der Waals surface area contributed by atoms with Crippen LogP contribution < -0.4 is 10.2 Å². The van der Waals surface area contributed by atoms with Crippen LogP contribution in [-0.2, 0) is 0 Å². The normalized spacial score (nSPS) is 10.8. The molecule has 0 bridgehead atoms. The van der Waals surface area contributed by atoms with Crippen molar-refractivity contribution in [2.45, 2.75) is 0 Å². The second kappa shape index (κ2) is 6.10. The molecule has 1 N–H and O–H groups in total. The first-order valence-corrected chi connectivity index (χ1v) is 7.67. The Bertz CT molecular complexity index is 879. The molecule has 1 heterocycles. The van der Waals surface area contributed by atoms with E-state index in [1.165, 1.54) is 24.6 Å². The minimum Gasteiger partial charge on any atom is -0.302 e. The Morgan fingerprint density at radius 1 is 1.22 bits per heavy atom. The van der Waals surface area contributed by atoms with Gasteiger partial charge in [-0.15, -0.1) is 0 Å². The summed E-state index contributed by atoms with van der Waals surface area (Å²) in [5.74, 6) is -1.38. The van der Waals surface area contributed by atoms with Crippen molar-refractivity contribution in [2.75, 3.05) is 17.3 Å². The molecule has 118 valence electrons. The van der Waals surface area contributed by atoms with E-state index in [0.717, 1.165) is 21.7 Å². The lowest BCUT2D eigenvalue weighted by molar-refractivity contribution is 0.257. The van der Waals surface area contributed by atoms with E-state index in [1.807, 2.05) is 6.07 Å². The lowest BCUT2D eigenvalue weighted by Crippen LogP contribution is -2.32. The SMILES string of the molecule is CN(C(=O)Nc1c(F)cccc1F)c1nsc2cccc(Cl)c12. The standard InChI is InChI=1S/C15H10ClF2N3OS/c1-21(14-12-8(16)4-2-7-11(12)23-20-14)15(22)19-13-9(17)5-3-6-10(13)18/h2-7H,1H3,(H,19,22). The van der Waals surface area contributed by atoms with Crippen molar-refractivity contribution in [1.82, 2.24) is 4.37 Å². The molecule has 0 fully saturated rings. The number of nitrogens with zero attached hydrogens (tertiary/aromatic N) is 2. The number of amides is 2. The molecule has 3 aromatic rings. The number of para-hydroxylation sites is 1. The molecule has 2 aromatic carbocycles. The number of aromatic nitrogens is 1. The van der Waals surface area contributed by atoms with Crippen molar-refractivity contribution < 1.29 is 13.6 Å². The number of hydrogen-bond acceptors (Lipinski definition) is 3. The van der Waals surface area contributed by atoms with Crippen LogP contribution in [-0.4, -0.2) is 17.5 Å². The van der Waals surface area contributed by atoms with Crippen LogP contribution in [0.1, 0.15) is 0 Å². The maximum atomic E-state index is 13.6. The molecule has 0 saturated heterocycles. The molecular formula is C15H10ClF2N3OS. The lowest BCUT2D eigenvalue weighted by Gasteiger charge is -2.17. The topological polar surface area (TPSA) is 45.2 Å². The molecule has 0 aliphatic carbocycles. The van der Waals surface area contributed by atoms with E-state index in [0.29, 0.717) is 16.2 Å². The van der Waals surface area contributed by atoms with Crippen LogP contribution in [0.15, 0.2) is 36.4 Å². The average molecular weight is 354 g/mol. The molecule has 2 amide bonds. The van der Waals surface area contributed by atoms with Crippen molar-refractivity contribution in [3.8, 4) is 0 Å². The fraction of sp³-hybridized carbons (Fsp3) is 0.0667. The number of benzene rings is 2. The highest BCUT2D eigenvalue weighted by atomic mass is 35.5. The van der Waals surface area contributed by atoms with Gasteiger partial charge in [-0.1, -0.05) is 23.7 Å². The van der Waals surface area contributed by atoms with Crippen molar-refractivity contribution in [3.05, 3.63) is 53.1 Å². The Balaban J connectivity index is 1.93. The number of nitrogens with one attached hydrogen (secondary N) is 1. The van der Waals surface area contributed by atoms with Gasteiger partial charge in [0.1, 0.15) is 17.3 Å². The van der Waals surface area contributed by atoms with E-state index in [2.05, 4.69) is 9.69 Å². The number of rotatable bonds is 2. The molecule has 23 heavy (non-hydrogen) atoms. The van der Waals surface area contributed by atoms with Gasteiger partial charge in [0.05, 0.1) is 15.1 Å². The lowest BCUT2D eigenvalue weighted by atomic mass is 10.2. The summed E-state index contributed by atoms with van der Waals surface area (Å²) in [5.41, 5.74) is -0.505. The van der Waals surface area contributed by atoms with E-state index >= 15 is 0 Å². The Morgan fingerprint density at radius 3 is 2.57 bits per heavy atom. The summed E-state index contributed by atoms with van der Waals surface area (Å²) in [6.45, 7) is 0. The van der Waals surface area contributed by atoms with Gasteiger partial charge in [0, 0.05) is 7.05 Å². The van der Waals surface area contributed by atoms with Crippen LogP contribution in [0, 0.1) is 11.6 Å². The van der Waals surface area contributed by atoms with Crippen LogP contribution >= 0.6 is 23.1 Å². The van der Waals surface area contributed by atoms with Crippen LogP contribution in [0.2, 0.25) is 5.02 Å². The third kappa shape index (κ3) is 2.85. The van der Waals surface area contributed by atoms with Gasteiger partial charge >= 0.3 is 6.03 Å². The quantitative estimate of drug-likeness (QED) is 0.712. The summed E-state index contributed by atoms with van der Waals surface area (Å²) in [5, 5.41) is 3.27. The van der Waals surface area contributed by atoms with Crippen LogP contribution in [0.3, 0.4) is 0 Å². The summed E-state index contributed by atoms with van der Waals surface area (Å²) < 4.78 is 32.3. The van der Waals surface area contributed by atoms with E-state index in [-0.39, 0.29) is 0 Å². The largest absolute Gasteiger partial charge is 0.327 e. The molecule has 0 atom stereocenters. The van der Waals surface area contributed by atoms with Gasteiger partial charge in [-0.3, -0.25) is 4.90 Å². The maximum absolute atomic E-state index is 13.6. The summed E-state index contributed by atoms with van der Waals surface area (Å²) in [6.07, 6.45) is 0. The van der Waals surface area contributed by atoms with Crippen LogP contribution in [0.25, 0.3) is 10.1 Å². The number of anilines is 2. The Hall–Kier alpha value is -2.25. The van der Waals surface area contributed by atoms with E-state index in [4.69, 9.17) is 11.6 Å². The average Bonchev–Trinajstić information content (AvgIpc) is 2.95. The van der Waals surface area contributed by atoms with Gasteiger partial charge in [-0.25, -0.2) is 13.6 Å². The number of carbonyl (C=O) groups is 1. The second-order valence-corrected chi connectivity index (χ2v) is 5.92. The molecule has 4 nitrogen and oxygen atoms in total. The third-order valence-corrected chi connectivity index (χ3v) is 4.36. The van der Waals surface area contributed by atoms with Gasteiger partial charge < -0.3 is 5.32 Å². The van der Waals surface area contributed by atoms with E-state index < -0.39 is 23.4 Å². The summed E-state index contributed by atoms with van der Waals surface area (Å²) >= 11 is 7.33. The Labute approximate surface area is 139 Å². The molecule has 0 spiro atoms. The highest BCUT2D eigenvalue weighted by molar-refractivity contribution is 7.13. The first-order chi connectivity index (χ1) is 11.0. The minimum absolute atomic E-state index is 0.324. The summed E-state index contributed by atoms with van der Waals surface area (Å²) in [7, 11) is 1.45. The molecule has 0 saturated carbocycles. The second-order valence-electron chi connectivity index (χ2n) is 4.70. The molecule has 8 heteroatoms. The molecular weight excluding hydrogens is 344 g/mol. The van der Waals surface area contributed by atoms with E-state index in [9.17, 15) is 13.6 Å². The van der Waals surface area contributed by atoms with Crippen molar-refractivity contribution >= 4 is 50.8 Å². The zero-order valence-corrected chi connectivity index (χ0v) is 13.4. The molecule has 0 aliphatic heterocycles. The zero-order valence-electron chi connectivity index (χ0n) is 11.8. The van der Waals surface area contributed by atoms with Gasteiger partial charge in [-0.05, 0) is 35.8 Å². The van der Waals surface area contributed by atoms with Gasteiger partial charge in [-0.2, -0.15) is 4.37 Å². The number of hydrogen-bond donors (Lipinski definition) is 1. The van der Waals surface area contributed by atoms with Crippen molar-refractivity contribution in [2.24, 2.45) is 0 Å². The third-order valence-electron chi connectivity index (χ3n) is 3.25. The fourth-order valence-electron chi connectivity index (χ4n) is 2.07. The highest BCUT2D eigenvalue weighted by Crippen LogP contribution is 2.34. The number of carbonyl (C=O) groups excluding carboxylic acids is 1. The predicted molar refractivity (Wildman–Crippen MR) is 88.4 cm³/mol. The van der Waals surface area contributed by atoms with Crippen molar-refractivity contribution in [3.63, 3.8) is 0 Å². The maximum Gasteiger partial charge on any atom is 0.327 e. The van der Waals surface area contributed by atoms with Crippen LogP contribution in [0.4, 0.5) is 25.1 Å². The molecule has 1 aromatic heterocycles. The van der Waals surface area contributed by atoms with Gasteiger partial charge in [0.2, 0.25) is 0 Å². The van der Waals surface area contributed by atoms with Crippen molar-refractivity contribution in [1.29, 1.82) is 0 Å². The van der Waals surface area contributed by atoms with Crippen LogP contribution in [0.5, 0.6) is 0 Å². The van der Waals surface area contributed by atoms with Gasteiger partial charge in [0.15, 0.2) is 5.82 Å². The monoisotopic (exact) mass is 353 g/mol. The smallest absolute Gasteiger partial charge is 0.302 e. The minimum atomic E-state index is -0.854. The first-order valence-electron chi connectivity index (χ1n) is 6.51. The fourth-order valence-corrected chi connectivity index (χ4v) is 3.21. The zero-order chi connectivity index (χ0) is 16.6. The molecule has 0 aliphatic rings. The Kier molecular flexibility index (Phi) is 4.14. The highest BCUT2D eigenvalue weighted by Gasteiger charge is 2.21. The Morgan fingerprint density at radius 2 is 1.87 bits per heavy atom. The number of urea groups is 1. The predicted octanol–water partition coefficient (Wildman–Crippen LogP) is 4.90. The van der Waals surface area contributed by atoms with E-state index in [1.54, 1.807) is 12.1 Å². The molecule has 0 unspecified atom stereocenters. The number of halogens is 3. The molecule has 0 radical (unpaired) electrons. The summed E-state index contributed by atoms with van der Waals surface area (Å²) in [6, 6.07) is 7.91. The first kappa shape index (κ1) is 15.6. The molecule has 3 rings (SSSR count).